The summed E-state index contributed by atoms with van der Waals surface area (Å²) in [5, 5.41) is 21.0. The molecular formula is C18H11NO2S2. The standard InChI is InChI=1S/C18H11NO2S2/c19-10-13(8-12-3-4-15(21)14(9-12)11-20)16-5-6-18(23-16)17-2-1-7-22-17/h1-9,11,21H/b13-8+. The van der Waals surface area contributed by atoms with Gasteiger partial charge in [-0.15, -0.1) is 22.7 Å². The van der Waals surface area contributed by atoms with Crippen LogP contribution in [0, 0.1) is 11.3 Å². The number of thiophene rings is 2. The van der Waals surface area contributed by atoms with Crippen molar-refractivity contribution in [2.24, 2.45) is 0 Å². The molecule has 0 aliphatic heterocycles. The maximum atomic E-state index is 10.9. The monoisotopic (exact) mass is 337 g/mol. The third-order valence-electron chi connectivity index (χ3n) is 3.25. The Labute approximate surface area is 141 Å². The van der Waals surface area contributed by atoms with Crippen LogP contribution < -0.4 is 0 Å². The normalized spacial score (nSPS) is 11.2. The highest BCUT2D eigenvalue weighted by Crippen LogP contribution is 2.35. The van der Waals surface area contributed by atoms with Crippen molar-refractivity contribution in [3.63, 3.8) is 0 Å². The number of aromatic hydroxyl groups is 1. The van der Waals surface area contributed by atoms with Crippen LogP contribution in [0.2, 0.25) is 0 Å². The summed E-state index contributed by atoms with van der Waals surface area (Å²) in [6.45, 7) is 0. The summed E-state index contributed by atoms with van der Waals surface area (Å²) in [5.41, 5.74) is 1.44. The molecule has 0 radical (unpaired) electrons. The summed E-state index contributed by atoms with van der Waals surface area (Å²) in [5.74, 6) is -0.0632. The molecule has 0 amide bonds. The molecule has 0 saturated heterocycles. The van der Waals surface area contributed by atoms with E-state index >= 15 is 0 Å². The Balaban J connectivity index is 1.97. The van der Waals surface area contributed by atoms with Crippen LogP contribution in [0.1, 0.15) is 20.8 Å². The molecule has 1 N–H and O–H groups in total. The molecule has 0 spiro atoms. The van der Waals surface area contributed by atoms with Crippen molar-refractivity contribution < 1.29 is 9.90 Å². The van der Waals surface area contributed by atoms with Crippen LogP contribution in [-0.4, -0.2) is 11.4 Å². The van der Waals surface area contributed by atoms with Gasteiger partial charge < -0.3 is 5.11 Å². The zero-order valence-corrected chi connectivity index (χ0v) is 13.5. The van der Waals surface area contributed by atoms with Crippen molar-refractivity contribution in [2.75, 3.05) is 0 Å². The average molecular weight is 337 g/mol. The van der Waals surface area contributed by atoms with E-state index in [1.807, 2.05) is 29.6 Å². The van der Waals surface area contributed by atoms with E-state index in [4.69, 9.17) is 0 Å². The molecule has 0 atom stereocenters. The lowest BCUT2D eigenvalue weighted by Crippen LogP contribution is -1.84. The highest BCUT2D eigenvalue weighted by Gasteiger charge is 2.08. The highest BCUT2D eigenvalue weighted by molar-refractivity contribution is 7.22. The van der Waals surface area contributed by atoms with E-state index in [1.165, 1.54) is 10.9 Å². The predicted molar refractivity (Wildman–Crippen MR) is 94.6 cm³/mol. The first kappa shape index (κ1) is 15.2. The van der Waals surface area contributed by atoms with Crippen molar-refractivity contribution in [3.05, 3.63) is 63.8 Å². The maximum absolute atomic E-state index is 10.9. The summed E-state index contributed by atoms with van der Waals surface area (Å²) in [4.78, 5) is 14.1. The van der Waals surface area contributed by atoms with Gasteiger partial charge in [0.05, 0.1) is 11.1 Å². The molecule has 0 bridgehead atoms. The minimum Gasteiger partial charge on any atom is -0.507 e. The molecule has 23 heavy (non-hydrogen) atoms. The third-order valence-corrected chi connectivity index (χ3v) is 5.43. The van der Waals surface area contributed by atoms with Gasteiger partial charge in [-0.3, -0.25) is 4.79 Å². The lowest BCUT2D eigenvalue weighted by molar-refractivity contribution is 0.112. The van der Waals surface area contributed by atoms with Gasteiger partial charge in [0.1, 0.15) is 11.8 Å². The second-order valence-electron chi connectivity index (χ2n) is 4.75. The molecular weight excluding hydrogens is 326 g/mol. The molecule has 0 aliphatic carbocycles. The Morgan fingerprint density at radius 3 is 2.74 bits per heavy atom. The number of hydrogen-bond donors (Lipinski definition) is 1. The van der Waals surface area contributed by atoms with Crippen molar-refractivity contribution in [2.45, 2.75) is 0 Å². The van der Waals surface area contributed by atoms with Crippen molar-refractivity contribution in [1.82, 2.24) is 0 Å². The van der Waals surface area contributed by atoms with Gasteiger partial charge in [0, 0.05) is 14.6 Å². The number of carbonyl (C=O) groups excluding carboxylic acids is 1. The van der Waals surface area contributed by atoms with Gasteiger partial charge in [-0.1, -0.05) is 12.1 Å². The number of phenols is 1. The summed E-state index contributed by atoms with van der Waals surface area (Å²) >= 11 is 3.22. The van der Waals surface area contributed by atoms with E-state index in [-0.39, 0.29) is 11.3 Å². The summed E-state index contributed by atoms with van der Waals surface area (Å²) in [7, 11) is 0. The van der Waals surface area contributed by atoms with Gasteiger partial charge >= 0.3 is 0 Å². The van der Waals surface area contributed by atoms with Crippen LogP contribution in [0.4, 0.5) is 0 Å². The summed E-state index contributed by atoms with van der Waals surface area (Å²) < 4.78 is 0. The molecule has 1 aromatic carbocycles. The maximum Gasteiger partial charge on any atom is 0.153 e. The van der Waals surface area contributed by atoms with E-state index in [0.29, 0.717) is 17.4 Å². The molecule has 2 heterocycles. The predicted octanol–water partition coefficient (Wildman–Crippen LogP) is 5.06. The zero-order valence-electron chi connectivity index (χ0n) is 11.9. The largest absolute Gasteiger partial charge is 0.507 e. The van der Waals surface area contributed by atoms with Gasteiger partial charge in [0.15, 0.2) is 6.29 Å². The Morgan fingerprint density at radius 1 is 1.17 bits per heavy atom. The molecule has 0 aliphatic rings. The second kappa shape index (κ2) is 6.61. The molecule has 5 heteroatoms. The molecule has 0 fully saturated rings. The number of nitrogens with zero attached hydrogens (tertiary/aromatic N) is 1. The van der Waals surface area contributed by atoms with Crippen LogP contribution in [-0.2, 0) is 0 Å². The third kappa shape index (κ3) is 3.24. The van der Waals surface area contributed by atoms with Crippen LogP contribution in [0.25, 0.3) is 21.4 Å². The number of rotatable bonds is 4. The molecule has 3 rings (SSSR count). The molecule has 0 unspecified atom stereocenters. The van der Waals surface area contributed by atoms with Gasteiger partial charge in [-0.25, -0.2) is 0 Å². The Kier molecular flexibility index (Phi) is 4.38. The first-order chi connectivity index (χ1) is 11.2. The quantitative estimate of drug-likeness (QED) is 0.535. The zero-order chi connectivity index (χ0) is 16.2. The number of benzene rings is 1. The summed E-state index contributed by atoms with van der Waals surface area (Å²) in [6, 6.07) is 14.9. The fourth-order valence-electron chi connectivity index (χ4n) is 2.12. The van der Waals surface area contributed by atoms with E-state index in [2.05, 4.69) is 6.07 Å². The highest BCUT2D eigenvalue weighted by atomic mass is 32.1. The summed E-state index contributed by atoms with van der Waals surface area (Å²) in [6.07, 6.45) is 2.31. The van der Waals surface area contributed by atoms with E-state index in [9.17, 15) is 15.2 Å². The minimum absolute atomic E-state index is 0.0632. The van der Waals surface area contributed by atoms with Crippen LogP contribution >= 0.6 is 22.7 Å². The fraction of sp³-hybridized carbons (Fsp3) is 0. The van der Waals surface area contributed by atoms with Gasteiger partial charge in [-0.2, -0.15) is 5.26 Å². The van der Waals surface area contributed by atoms with Gasteiger partial charge in [-0.05, 0) is 47.4 Å². The van der Waals surface area contributed by atoms with Crippen LogP contribution in [0.15, 0.2) is 47.8 Å². The van der Waals surface area contributed by atoms with Gasteiger partial charge in [0.25, 0.3) is 0 Å². The second-order valence-corrected chi connectivity index (χ2v) is 6.78. The number of phenolic OH excluding ortho intramolecular Hbond substituents is 1. The first-order valence-electron chi connectivity index (χ1n) is 6.75. The number of hydrogen-bond acceptors (Lipinski definition) is 5. The Hall–Kier alpha value is -2.68. The number of allylic oxidation sites excluding steroid dienone is 1. The van der Waals surface area contributed by atoms with E-state index < -0.39 is 0 Å². The molecule has 2 aromatic heterocycles. The lowest BCUT2D eigenvalue weighted by atomic mass is 10.1. The fourth-order valence-corrected chi connectivity index (χ4v) is 3.92. The minimum atomic E-state index is -0.0632. The molecule has 3 nitrogen and oxygen atoms in total. The number of aldehydes is 1. The van der Waals surface area contributed by atoms with Gasteiger partial charge in [0.2, 0.25) is 0 Å². The molecule has 112 valence electrons. The topological polar surface area (TPSA) is 61.1 Å². The molecule has 3 aromatic rings. The van der Waals surface area contributed by atoms with Crippen LogP contribution in [0.5, 0.6) is 5.75 Å². The molecule has 0 saturated carbocycles. The first-order valence-corrected chi connectivity index (χ1v) is 8.45. The van der Waals surface area contributed by atoms with Crippen LogP contribution in [0.3, 0.4) is 0 Å². The van der Waals surface area contributed by atoms with E-state index in [0.717, 1.165) is 9.75 Å². The lowest BCUT2D eigenvalue weighted by Gasteiger charge is -2.00. The smallest absolute Gasteiger partial charge is 0.153 e. The number of nitriles is 1. The van der Waals surface area contributed by atoms with Crippen molar-refractivity contribution in [1.29, 1.82) is 5.26 Å². The Bertz CT molecular complexity index is 915. The average Bonchev–Trinajstić information content (AvgIpc) is 3.25. The van der Waals surface area contributed by atoms with Crippen molar-refractivity contribution >= 4 is 40.6 Å². The van der Waals surface area contributed by atoms with E-state index in [1.54, 1.807) is 40.9 Å². The Morgan fingerprint density at radius 2 is 2.04 bits per heavy atom. The van der Waals surface area contributed by atoms with Crippen molar-refractivity contribution in [3.8, 4) is 21.6 Å². The number of carbonyl (C=O) groups is 1. The SMILES string of the molecule is N#C/C(=C\c1ccc(O)c(C=O)c1)c1ccc(-c2cccs2)s1.